The Morgan fingerprint density at radius 2 is 1.81 bits per heavy atom. The number of rotatable bonds is 7. The lowest BCUT2D eigenvalue weighted by atomic mass is 9.98. The molecule has 0 saturated carbocycles. The molecule has 0 spiro atoms. The van der Waals surface area contributed by atoms with Crippen molar-refractivity contribution >= 4 is 0 Å². The molecule has 2 heteroatoms. The molecular formula is C19H25NO. The summed E-state index contributed by atoms with van der Waals surface area (Å²) in [5.41, 5.74) is 4.12. The summed E-state index contributed by atoms with van der Waals surface area (Å²) in [5.74, 6) is 0.944. The zero-order chi connectivity index (χ0) is 15.1. The predicted octanol–water partition coefficient (Wildman–Crippen LogP) is 3.90. The summed E-state index contributed by atoms with van der Waals surface area (Å²) in [4.78, 5) is 0. The van der Waals surface area contributed by atoms with Crippen molar-refractivity contribution in [3.63, 3.8) is 0 Å². The highest BCUT2D eigenvalue weighted by atomic mass is 16.5. The SMILES string of the molecule is CNC(CCOc1ccccc1)Cc1cc(C)ccc1C. The normalized spacial score (nSPS) is 12.1. The van der Waals surface area contributed by atoms with Gasteiger partial charge in [-0.05, 0) is 57.0 Å². The number of aryl methyl sites for hydroxylation is 2. The Labute approximate surface area is 128 Å². The second kappa shape index (κ2) is 7.84. The van der Waals surface area contributed by atoms with E-state index in [2.05, 4.69) is 37.4 Å². The molecule has 0 radical (unpaired) electrons. The second-order valence-corrected chi connectivity index (χ2v) is 5.57. The van der Waals surface area contributed by atoms with Crippen LogP contribution in [0.4, 0.5) is 0 Å². The molecule has 0 aromatic heterocycles. The van der Waals surface area contributed by atoms with E-state index < -0.39 is 0 Å². The van der Waals surface area contributed by atoms with E-state index >= 15 is 0 Å². The highest BCUT2D eigenvalue weighted by Crippen LogP contribution is 2.15. The van der Waals surface area contributed by atoms with E-state index in [1.54, 1.807) is 0 Å². The van der Waals surface area contributed by atoms with Gasteiger partial charge in [0.2, 0.25) is 0 Å². The molecule has 21 heavy (non-hydrogen) atoms. The topological polar surface area (TPSA) is 21.3 Å². The Balaban J connectivity index is 1.87. The Morgan fingerprint density at radius 1 is 1.05 bits per heavy atom. The molecule has 1 atom stereocenters. The van der Waals surface area contributed by atoms with Gasteiger partial charge in [0, 0.05) is 6.04 Å². The number of para-hydroxylation sites is 1. The monoisotopic (exact) mass is 283 g/mol. The van der Waals surface area contributed by atoms with Crippen molar-refractivity contribution < 1.29 is 4.74 Å². The molecule has 0 aliphatic rings. The van der Waals surface area contributed by atoms with E-state index in [0.29, 0.717) is 6.04 Å². The van der Waals surface area contributed by atoms with Gasteiger partial charge in [0.15, 0.2) is 0 Å². The minimum Gasteiger partial charge on any atom is -0.494 e. The highest BCUT2D eigenvalue weighted by Gasteiger charge is 2.09. The summed E-state index contributed by atoms with van der Waals surface area (Å²) in [6, 6.07) is 17.1. The van der Waals surface area contributed by atoms with Gasteiger partial charge in [0.25, 0.3) is 0 Å². The van der Waals surface area contributed by atoms with Crippen LogP contribution in [-0.2, 0) is 6.42 Å². The molecule has 2 aromatic carbocycles. The maximum absolute atomic E-state index is 5.79. The molecule has 0 amide bonds. The van der Waals surface area contributed by atoms with E-state index in [1.165, 1.54) is 16.7 Å². The maximum atomic E-state index is 5.79. The van der Waals surface area contributed by atoms with E-state index in [-0.39, 0.29) is 0 Å². The smallest absolute Gasteiger partial charge is 0.119 e. The van der Waals surface area contributed by atoms with Gasteiger partial charge in [0.05, 0.1) is 6.61 Å². The lowest BCUT2D eigenvalue weighted by Crippen LogP contribution is -2.29. The molecule has 2 rings (SSSR count). The summed E-state index contributed by atoms with van der Waals surface area (Å²) in [7, 11) is 2.03. The largest absolute Gasteiger partial charge is 0.494 e. The average Bonchev–Trinajstić information content (AvgIpc) is 2.51. The summed E-state index contributed by atoms with van der Waals surface area (Å²) in [6.07, 6.45) is 2.04. The Hall–Kier alpha value is -1.80. The van der Waals surface area contributed by atoms with Gasteiger partial charge in [-0.1, -0.05) is 42.0 Å². The zero-order valence-electron chi connectivity index (χ0n) is 13.2. The zero-order valence-corrected chi connectivity index (χ0v) is 13.2. The van der Waals surface area contributed by atoms with Gasteiger partial charge in [-0.15, -0.1) is 0 Å². The maximum Gasteiger partial charge on any atom is 0.119 e. The predicted molar refractivity (Wildman–Crippen MR) is 89.0 cm³/mol. The Bertz CT molecular complexity index is 551. The molecule has 1 N–H and O–H groups in total. The second-order valence-electron chi connectivity index (χ2n) is 5.57. The number of hydrogen-bond acceptors (Lipinski definition) is 2. The highest BCUT2D eigenvalue weighted by molar-refractivity contribution is 5.31. The van der Waals surface area contributed by atoms with Gasteiger partial charge in [0.1, 0.15) is 5.75 Å². The van der Waals surface area contributed by atoms with Crippen LogP contribution < -0.4 is 10.1 Å². The first kappa shape index (κ1) is 15.6. The number of nitrogens with one attached hydrogen (secondary N) is 1. The van der Waals surface area contributed by atoms with Gasteiger partial charge in [-0.25, -0.2) is 0 Å². The molecule has 2 nitrogen and oxygen atoms in total. The quantitative estimate of drug-likeness (QED) is 0.832. The molecule has 0 heterocycles. The minimum absolute atomic E-state index is 0.439. The fourth-order valence-electron chi connectivity index (χ4n) is 2.47. The summed E-state index contributed by atoms with van der Waals surface area (Å²) < 4.78 is 5.79. The summed E-state index contributed by atoms with van der Waals surface area (Å²) in [6.45, 7) is 5.07. The van der Waals surface area contributed by atoms with Crippen molar-refractivity contribution in [2.45, 2.75) is 32.7 Å². The molecule has 0 saturated heterocycles. The molecule has 0 fully saturated rings. The minimum atomic E-state index is 0.439. The van der Waals surface area contributed by atoms with Crippen molar-refractivity contribution in [2.75, 3.05) is 13.7 Å². The molecular weight excluding hydrogens is 258 g/mol. The third kappa shape index (κ3) is 4.91. The van der Waals surface area contributed by atoms with E-state index in [0.717, 1.165) is 25.2 Å². The lowest BCUT2D eigenvalue weighted by Gasteiger charge is -2.18. The van der Waals surface area contributed by atoms with Crippen LogP contribution in [0.3, 0.4) is 0 Å². The van der Waals surface area contributed by atoms with E-state index in [9.17, 15) is 0 Å². The van der Waals surface area contributed by atoms with Crippen LogP contribution >= 0.6 is 0 Å². The number of likely N-dealkylation sites (N-methyl/N-ethyl adjacent to an activating group) is 1. The first-order valence-corrected chi connectivity index (χ1v) is 7.60. The number of hydrogen-bond donors (Lipinski definition) is 1. The number of benzene rings is 2. The number of ether oxygens (including phenoxy) is 1. The molecule has 112 valence electrons. The van der Waals surface area contributed by atoms with Gasteiger partial charge in [-0.3, -0.25) is 0 Å². The fraction of sp³-hybridized carbons (Fsp3) is 0.368. The van der Waals surface area contributed by atoms with Crippen molar-refractivity contribution in [2.24, 2.45) is 0 Å². The van der Waals surface area contributed by atoms with Crippen LogP contribution in [0, 0.1) is 13.8 Å². The first-order valence-electron chi connectivity index (χ1n) is 7.60. The first-order chi connectivity index (χ1) is 10.2. The van der Waals surface area contributed by atoms with Crippen molar-refractivity contribution in [3.8, 4) is 5.75 Å². The van der Waals surface area contributed by atoms with Crippen LogP contribution in [0.15, 0.2) is 48.5 Å². The molecule has 1 unspecified atom stereocenters. The standard InChI is InChI=1S/C19H25NO/c1-15-9-10-16(2)17(13-15)14-18(20-3)11-12-21-19-7-5-4-6-8-19/h4-10,13,18,20H,11-12,14H2,1-3H3. The van der Waals surface area contributed by atoms with Crippen molar-refractivity contribution in [1.29, 1.82) is 0 Å². The van der Waals surface area contributed by atoms with Crippen LogP contribution in [0.5, 0.6) is 5.75 Å². The van der Waals surface area contributed by atoms with Gasteiger partial charge >= 0.3 is 0 Å². The molecule has 0 bridgehead atoms. The summed E-state index contributed by atoms with van der Waals surface area (Å²) in [5, 5.41) is 3.40. The van der Waals surface area contributed by atoms with Crippen LogP contribution in [0.1, 0.15) is 23.1 Å². The van der Waals surface area contributed by atoms with Gasteiger partial charge in [-0.2, -0.15) is 0 Å². The molecule has 2 aromatic rings. The fourth-order valence-corrected chi connectivity index (χ4v) is 2.47. The molecule has 0 aliphatic heterocycles. The third-order valence-electron chi connectivity index (χ3n) is 3.86. The van der Waals surface area contributed by atoms with Gasteiger partial charge < -0.3 is 10.1 Å². The third-order valence-corrected chi connectivity index (χ3v) is 3.86. The van der Waals surface area contributed by atoms with Crippen LogP contribution in [-0.4, -0.2) is 19.7 Å². The van der Waals surface area contributed by atoms with Crippen LogP contribution in [0.2, 0.25) is 0 Å². The van der Waals surface area contributed by atoms with Crippen LogP contribution in [0.25, 0.3) is 0 Å². The van der Waals surface area contributed by atoms with Crippen molar-refractivity contribution in [3.05, 3.63) is 65.2 Å². The average molecular weight is 283 g/mol. The summed E-state index contributed by atoms with van der Waals surface area (Å²) >= 11 is 0. The Morgan fingerprint density at radius 3 is 2.52 bits per heavy atom. The van der Waals surface area contributed by atoms with E-state index in [1.807, 2.05) is 37.4 Å². The van der Waals surface area contributed by atoms with Crippen molar-refractivity contribution in [1.82, 2.24) is 5.32 Å². The lowest BCUT2D eigenvalue weighted by molar-refractivity contribution is 0.288. The van der Waals surface area contributed by atoms with E-state index in [4.69, 9.17) is 4.74 Å². The Kier molecular flexibility index (Phi) is 5.82. The molecule has 0 aliphatic carbocycles.